The summed E-state index contributed by atoms with van der Waals surface area (Å²) >= 11 is 0. The van der Waals surface area contributed by atoms with Crippen LogP contribution in [0.3, 0.4) is 0 Å². The van der Waals surface area contributed by atoms with Gasteiger partial charge >= 0.3 is 0 Å². The number of pyridine rings is 1. The summed E-state index contributed by atoms with van der Waals surface area (Å²) in [6.07, 6.45) is 1.62. The monoisotopic (exact) mass is 342 g/mol. The van der Waals surface area contributed by atoms with Gasteiger partial charge in [0.1, 0.15) is 11.3 Å². The Hall–Kier alpha value is -2.60. The minimum atomic E-state index is -3.74. The van der Waals surface area contributed by atoms with Crippen molar-refractivity contribution in [3.8, 4) is 5.75 Å². The first-order valence-corrected chi connectivity index (χ1v) is 9.10. The largest absolute Gasteiger partial charge is 0.492 e. The molecule has 0 aliphatic heterocycles. The van der Waals surface area contributed by atoms with Crippen molar-refractivity contribution >= 4 is 26.6 Å². The smallest absolute Gasteiger partial charge is 0.262 e. The molecule has 1 aromatic heterocycles. The second-order valence-electron chi connectivity index (χ2n) is 5.31. The van der Waals surface area contributed by atoms with E-state index in [4.69, 9.17) is 4.74 Å². The van der Waals surface area contributed by atoms with Gasteiger partial charge in [0.25, 0.3) is 10.0 Å². The van der Waals surface area contributed by atoms with Gasteiger partial charge in [-0.25, -0.2) is 8.42 Å². The zero-order valence-corrected chi connectivity index (χ0v) is 14.3. The number of hydrogen-bond acceptors (Lipinski definition) is 4. The van der Waals surface area contributed by atoms with E-state index in [2.05, 4.69) is 9.71 Å². The van der Waals surface area contributed by atoms with E-state index in [0.717, 1.165) is 5.56 Å². The standard InChI is InChI=1S/C18H18N2O3S/c1-3-23-16-10-11-17(14-8-6-12-19-18(14)16)24(21,22)20-15-9-5-4-7-13(15)2/h4-12,20H,3H2,1-2H3. The van der Waals surface area contributed by atoms with Crippen LogP contribution in [0.25, 0.3) is 10.9 Å². The molecule has 0 bridgehead atoms. The minimum absolute atomic E-state index is 0.178. The van der Waals surface area contributed by atoms with Crippen molar-refractivity contribution < 1.29 is 13.2 Å². The number of nitrogens with one attached hydrogen (secondary N) is 1. The molecule has 3 aromatic rings. The van der Waals surface area contributed by atoms with Crippen molar-refractivity contribution in [2.45, 2.75) is 18.7 Å². The third-order valence-corrected chi connectivity index (χ3v) is 5.10. The van der Waals surface area contributed by atoms with Crippen LogP contribution in [0.1, 0.15) is 12.5 Å². The van der Waals surface area contributed by atoms with Crippen molar-refractivity contribution in [3.63, 3.8) is 0 Å². The SMILES string of the molecule is CCOc1ccc(S(=O)(=O)Nc2ccccc2C)c2cccnc12. The van der Waals surface area contributed by atoms with Crippen molar-refractivity contribution in [3.05, 3.63) is 60.3 Å². The highest BCUT2D eigenvalue weighted by molar-refractivity contribution is 7.93. The van der Waals surface area contributed by atoms with Crippen LogP contribution in [-0.4, -0.2) is 20.0 Å². The summed E-state index contributed by atoms with van der Waals surface area (Å²) in [6.45, 7) is 4.22. The number of aryl methyl sites for hydroxylation is 1. The molecule has 0 aliphatic rings. The zero-order valence-electron chi connectivity index (χ0n) is 13.5. The second-order valence-corrected chi connectivity index (χ2v) is 6.97. The van der Waals surface area contributed by atoms with Gasteiger partial charge in [0.2, 0.25) is 0 Å². The molecule has 0 saturated carbocycles. The Morgan fingerprint density at radius 1 is 1.08 bits per heavy atom. The Morgan fingerprint density at radius 3 is 2.62 bits per heavy atom. The van der Waals surface area contributed by atoms with Gasteiger partial charge in [0.15, 0.2) is 0 Å². The van der Waals surface area contributed by atoms with Crippen LogP contribution >= 0.6 is 0 Å². The number of nitrogens with zero attached hydrogens (tertiary/aromatic N) is 1. The van der Waals surface area contributed by atoms with Crippen LogP contribution in [0, 0.1) is 6.92 Å². The van der Waals surface area contributed by atoms with Gasteiger partial charge in [-0.3, -0.25) is 9.71 Å². The highest BCUT2D eigenvalue weighted by Gasteiger charge is 2.20. The molecule has 2 aromatic carbocycles. The van der Waals surface area contributed by atoms with Gasteiger partial charge in [-0.05, 0) is 49.7 Å². The zero-order chi connectivity index (χ0) is 17.2. The summed E-state index contributed by atoms with van der Waals surface area (Å²) < 4.78 is 33.9. The summed E-state index contributed by atoms with van der Waals surface area (Å²) in [4.78, 5) is 4.46. The minimum Gasteiger partial charge on any atom is -0.492 e. The lowest BCUT2D eigenvalue weighted by Crippen LogP contribution is -2.14. The molecule has 0 unspecified atom stereocenters. The predicted octanol–water partition coefficient (Wildman–Crippen LogP) is 3.74. The van der Waals surface area contributed by atoms with E-state index in [9.17, 15) is 8.42 Å². The molecule has 0 radical (unpaired) electrons. The molecule has 1 heterocycles. The number of hydrogen-bond donors (Lipinski definition) is 1. The van der Waals surface area contributed by atoms with Gasteiger partial charge in [0.05, 0.1) is 17.2 Å². The molecule has 1 N–H and O–H groups in total. The Bertz CT molecular complexity index is 984. The van der Waals surface area contributed by atoms with Crippen LogP contribution in [0.5, 0.6) is 5.75 Å². The lowest BCUT2D eigenvalue weighted by atomic mass is 10.2. The van der Waals surface area contributed by atoms with Crippen molar-refractivity contribution in [2.75, 3.05) is 11.3 Å². The molecular weight excluding hydrogens is 324 g/mol. The maximum absolute atomic E-state index is 12.9. The summed E-state index contributed by atoms with van der Waals surface area (Å²) in [6, 6.07) is 13.9. The lowest BCUT2D eigenvalue weighted by Gasteiger charge is -2.14. The van der Waals surface area contributed by atoms with Gasteiger partial charge < -0.3 is 4.74 Å². The van der Waals surface area contributed by atoms with Crippen molar-refractivity contribution in [1.82, 2.24) is 4.98 Å². The first-order valence-electron chi connectivity index (χ1n) is 7.62. The lowest BCUT2D eigenvalue weighted by molar-refractivity contribution is 0.343. The van der Waals surface area contributed by atoms with Gasteiger partial charge in [-0.1, -0.05) is 18.2 Å². The molecule has 0 saturated heterocycles. The average Bonchev–Trinajstić information content (AvgIpc) is 2.57. The number of rotatable bonds is 5. The Kier molecular flexibility index (Phi) is 4.40. The fourth-order valence-corrected chi connectivity index (χ4v) is 3.84. The van der Waals surface area contributed by atoms with E-state index in [0.29, 0.717) is 28.9 Å². The topological polar surface area (TPSA) is 68.3 Å². The molecule has 124 valence electrons. The van der Waals surface area contributed by atoms with Crippen molar-refractivity contribution in [1.29, 1.82) is 0 Å². The molecule has 24 heavy (non-hydrogen) atoms. The van der Waals surface area contributed by atoms with E-state index >= 15 is 0 Å². The van der Waals surface area contributed by atoms with E-state index in [1.54, 1.807) is 42.6 Å². The van der Waals surface area contributed by atoms with Crippen LogP contribution in [0.4, 0.5) is 5.69 Å². The molecule has 0 fully saturated rings. The Labute approximate surface area is 141 Å². The highest BCUT2D eigenvalue weighted by Crippen LogP contribution is 2.30. The third kappa shape index (κ3) is 3.05. The van der Waals surface area contributed by atoms with E-state index in [1.165, 1.54) is 0 Å². The highest BCUT2D eigenvalue weighted by atomic mass is 32.2. The van der Waals surface area contributed by atoms with Crippen LogP contribution in [0.15, 0.2) is 59.6 Å². The summed E-state index contributed by atoms with van der Waals surface area (Å²) in [5.41, 5.74) is 1.95. The quantitative estimate of drug-likeness (QED) is 0.767. The van der Waals surface area contributed by atoms with Crippen LogP contribution in [0.2, 0.25) is 0 Å². The summed E-state index contributed by atoms with van der Waals surface area (Å²) in [7, 11) is -3.74. The Balaban J connectivity index is 2.12. The number of aromatic nitrogens is 1. The first kappa shape index (κ1) is 16.3. The fourth-order valence-electron chi connectivity index (χ4n) is 2.51. The first-order chi connectivity index (χ1) is 11.5. The number of anilines is 1. The summed E-state index contributed by atoms with van der Waals surface area (Å²) in [5, 5.41) is 0.532. The maximum atomic E-state index is 12.9. The summed E-state index contributed by atoms with van der Waals surface area (Å²) in [5.74, 6) is 0.572. The normalized spacial score (nSPS) is 11.4. The van der Waals surface area contributed by atoms with Crippen LogP contribution < -0.4 is 9.46 Å². The molecular formula is C18H18N2O3S. The molecule has 6 heteroatoms. The van der Waals surface area contributed by atoms with E-state index < -0.39 is 10.0 Å². The molecule has 0 amide bonds. The van der Waals surface area contributed by atoms with Crippen molar-refractivity contribution in [2.24, 2.45) is 0 Å². The van der Waals surface area contributed by atoms with Gasteiger partial charge in [-0.15, -0.1) is 0 Å². The van der Waals surface area contributed by atoms with Gasteiger partial charge in [0, 0.05) is 11.6 Å². The molecule has 5 nitrogen and oxygen atoms in total. The van der Waals surface area contributed by atoms with Crippen LogP contribution in [-0.2, 0) is 10.0 Å². The third-order valence-electron chi connectivity index (χ3n) is 3.67. The Morgan fingerprint density at radius 2 is 1.88 bits per heavy atom. The molecule has 0 aliphatic carbocycles. The predicted molar refractivity (Wildman–Crippen MR) is 94.9 cm³/mol. The maximum Gasteiger partial charge on any atom is 0.262 e. The van der Waals surface area contributed by atoms with E-state index in [1.807, 2.05) is 26.0 Å². The number of fused-ring (bicyclic) bond motifs is 1. The number of benzene rings is 2. The molecule has 0 atom stereocenters. The second kappa shape index (κ2) is 6.49. The van der Waals surface area contributed by atoms with E-state index in [-0.39, 0.29) is 4.90 Å². The molecule has 0 spiro atoms. The number of para-hydroxylation sites is 1. The number of sulfonamides is 1. The molecule has 3 rings (SSSR count). The average molecular weight is 342 g/mol. The number of ether oxygens (including phenoxy) is 1. The van der Waals surface area contributed by atoms with Gasteiger partial charge in [-0.2, -0.15) is 0 Å². The fraction of sp³-hybridized carbons (Fsp3) is 0.167.